The van der Waals surface area contributed by atoms with Crippen LogP contribution in [0.3, 0.4) is 0 Å². The maximum absolute atomic E-state index is 12.1. The second-order valence-electron chi connectivity index (χ2n) is 4.35. The molecule has 0 saturated carbocycles. The molecule has 0 bridgehead atoms. The van der Waals surface area contributed by atoms with Gasteiger partial charge in [0, 0.05) is 6.04 Å². The number of methoxy groups -OCH3 is 1. The van der Waals surface area contributed by atoms with E-state index in [9.17, 15) is 4.79 Å². The first kappa shape index (κ1) is 13.7. The predicted molar refractivity (Wildman–Crippen MR) is 69.8 cm³/mol. The van der Waals surface area contributed by atoms with E-state index in [1.54, 1.807) is 7.11 Å². The maximum atomic E-state index is 12.1. The van der Waals surface area contributed by atoms with E-state index in [2.05, 4.69) is 12.2 Å². The van der Waals surface area contributed by atoms with Crippen molar-refractivity contribution in [3.63, 3.8) is 0 Å². The Morgan fingerprint density at radius 1 is 1.41 bits per heavy atom. The van der Waals surface area contributed by atoms with Crippen molar-refractivity contribution >= 4 is 5.78 Å². The van der Waals surface area contributed by atoms with Gasteiger partial charge in [-0.25, -0.2) is 0 Å². The van der Waals surface area contributed by atoms with Gasteiger partial charge >= 0.3 is 0 Å². The topological polar surface area (TPSA) is 38.3 Å². The van der Waals surface area contributed by atoms with Crippen LogP contribution in [-0.2, 0) is 6.42 Å². The van der Waals surface area contributed by atoms with Gasteiger partial charge in [-0.2, -0.15) is 0 Å². The van der Waals surface area contributed by atoms with Gasteiger partial charge in [0.15, 0.2) is 5.78 Å². The molecule has 0 aliphatic carbocycles. The van der Waals surface area contributed by atoms with Crippen molar-refractivity contribution in [1.29, 1.82) is 0 Å². The molecular weight excluding hydrogens is 214 g/mol. The average molecular weight is 235 g/mol. The number of ether oxygens (including phenoxy) is 1. The molecule has 0 unspecified atom stereocenters. The van der Waals surface area contributed by atoms with Crippen LogP contribution in [0.4, 0.5) is 0 Å². The fraction of sp³-hybridized carbons (Fsp3) is 0.500. The summed E-state index contributed by atoms with van der Waals surface area (Å²) in [6.07, 6.45) is 0.919. The number of nitrogens with one attached hydrogen (secondary N) is 1. The molecule has 94 valence electrons. The quantitative estimate of drug-likeness (QED) is 0.770. The Hall–Kier alpha value is -1.35. The zero-order valence-electron chi connectivity index (χ0n) is 11.0. The molecule has 0 atom stereocenters. The minimum Gasteiger partial charge on any atom is -0.496 e. The summed E-state index contributed by atoms with van der Waals surface area (Å²) in [7, 11) is 1.59. The first-order valence-electron chi connectivity index (χ1n) is 6.02. The molecule has 0 heterocycles. The molecule has 0 aliphatic heterocycles. The fourth-order valence-electron chi connectivity index (χ4n) is 1.59. The van der Waals surface area contributed by atoms with Crippen molar-refractivity contribution in [1.82, 2.24) is 5.32 Å². The molecule has 3 nitrogen and oxygen atoms in total. The largest absolute Gasteiger partial charge is 0.496 e. The summed E-state index contributed by atoms with van der Waals surface area (Å²) < 4.78 is 5.22. The number of hydrogen-bond acceptors (Lipinski definition) is 3. The zero-order valence-corrected chi connectivity index (χ0v) is 11.0. The van der Waals surface area contributed by atoms with E-state index in [-0.39, 0.29) is 5.78 Å². The van der Waals surface area contributed by atoms with Gasteiger partial charge in [-0.05, 0) is 24.1 Å². The summed E-state index contributed by atoms with van der Waals surface area (Å²) in [5.41, 5.74) is 1.82. The predicted octanol–water partition coefficient (Wildman–Crippen LogP) is 2.44. The minimum atomic E-state index is 0.0749. The normalized spacial score (nSPS) is 10.6. The van der Waals surface area contributed by atoms with Crippen LogP contribution >= 0.6 is 0 Å². The van der Waals surface area contributed by atoms with Gasteiger partial charge in [0.1, 0.15) is 5.75 Å². The highest BCUT2D eigenvalue weighted by molar-refractivity contribution is 6.00. The van der Waals surface area contributed by atoms with Crippen LogP contribution in [0.5, 0.6) is 5.75 Å². The summed E-state index contributed by atoms with van der Waals surface area (Å²) >= 11 is 0. The second kappa shape index (κ2) is 6.40. The van der Waals surface area contributed by atoms with E-state index < -0.39 is 0 Å². The molecule has 3 heteroatoms. The average Bonchev–Trinajstić information content (AvgIpc) is 2.34. The van der Waals surface area contributed by atoms with Gasteiger partial charge in [0.05, 0.1) is 19.2 Å². The van der Waals surface area contributed by atoms with Gasteiger partial charge < -0.3 is 10.1 Å². The smallest absolute Gasteiger partial charge is 0.180 e. The summed E-state index contributed by atoms with van der Waals surface area (Å²) in [6.45, 7) is 6.46. The molecule has 0 amide bonds. The molecule has 1 rings (SSSR count). The molecule has 1 aromatic rings. The van der Waals surface area contributed by atoms with E-state index in [0.29, 0.717) is 23.9 Å². The van der Waals surface area contributed by atoms with E-state index >= 15 is 0 Å². The highest BCUT2D eigenvalue weighted by Gasteiger charge is 2.12. The van der Waals surface area contributed by atoms with Crippen LogP contribution in [0, 0.1) is 0 Å². The number of aryl methyl sites for hydroxylation is 1. The lowest BCUT2D eigenvalue weighted by Crippen LogP contribution is -2.29. The molecular formula is C14H21NO2. The molecule has 0 aliphatic rings. The standard InChI is InChI=1S/C14H21NO2/c1-5-11-6-7-14(17-4)12(8-11)13(16)9-15-10(2)3/h6-8,10,15H,5,9H2,1-4H3. The molecule has 1 aromatic carbocycles. The molecule has 1 N–H and O–H groups in total. The highest BCUT2D eigenvalue weighted by atomic mass is 16.5. The SMILES string of the molecule is CCc1ccc(OC)c(C(=O)CNC(C)C)c1. The molecule has 0 spiro atoms. The lowest BCUT2D eigenvalue weighted by atomic mass is 10.0. The van der Waals surface area contributed by atoms with Gasteiger partial charge in [-0.15, -0.1) is 0 Å². The Bertz CT molecular complexity index is 386. The van der Waals surface area contributed by atoms with Crippen molar-refractivity contribution in [2.24, 2.45) is 0 Å². The minimum absolute atomic E-state index is 0.0749. The number of ketones is 1. The zero-order chi connectivity index (χ0) is 12.8. The summed E-state index contributed by atoms with van der Waals surface area (Å²) in [5.74, 6) is 0.726. The Morgan fingerprint density at radius 3 is 2.65 bits per heavy atom. The summed E-state index contributed by atoms with van der Waals surface area (Å²) in [4.78, 5) is 12.1. The van der Waals surface area contributed by atoms with Crippen LogP contribution in [0.15, 0.2) is 18.2 Å². The monoisotopic (exact) mass is 235 g/mol. The first-order chi connectivity index (χ1) is 8.08. The number of carbonyl (C=O) groups excluding carboxylic acids is 1. The van der Waals surface area contributed by atoms with Crippen molar-refractivity contribution in [2.45, 2.75) is 33.2 Å². The number of Topliss-reactive ketones (excluding diaryl/α,β-unsaturated/α-hetero) is 1. The van der Waals surface area contributed by atoms with E-state index in [4.69, 9.17) is 4.74 Å². The Labute approximate surface area is 103 Å². The van der Waals surface area contributed by atoms with Crippen molar-refractivity contribution in [2.75, 3.05) is 13.7 Å². The second-order valence-corrected chi connectivity index (χ2v) is 4.35. The summed E-state index contributed by atoms with van der Waals surface area (Å²) in [5, 5.41) is 3.13. The fourth-order valence-corrected chi connectivity index (χ4v) is 1.59. The molecule has 17 heavy (non-hydrogen) atoms. The van der Waals surface area contributed by atoms with Gasteiger partial charge in [0.25, 0.3) is 0 Å². The van der Waals surface area contributed by atoms with Crippen molar-refractivity contribution in [3.8, 4) is 5.75 Å². The van der Waals surface area contributed by atoms with E-state index in [0.717, 1.165) is 12.0 Å². The number of carbonyl (C=O) groups is 1. The van der Waals surface area contributed by atoms with Crippen LogP contribution in [0.25, 0.3) is 0 Å². The Balaban J connectivity index is 2.89. The van der Waals surface area contributed by atoms with Gasteiger partial charge in [0.2, 0.25) is 0 Å². The Kier molecular flexibility index (Phi) is 5.16. The lowest BCUT2D eigenvalue weighted by molar-refractivity contribution is 0.0985. The van der Waals surface area contributed by atoms with E-state index in [1.165, 1.54) is 0 Å². The van der Waals surface area contributed by atoms with Crippen LogP contribution in [-0.4, -0.2) is 25.5 Å². The molecule has 0 saturated heterocycles. The van der Waals surface area contributed by atoms with E-state index in [1.807, 2.05) is 32.0 Å². The van der Waals surface area contributed by atoms with Crippen LogP contribution < -0.4 is 10.1 Å². The van der Waals surface area contributed by atoms with Crippen molar-refractivity contribution < 1.29 is 9.53 Å². The number of hydrogen-bond donors (Lipinski definition) is 1. The Morgan fingerprint density at radius 2 is 2.12 bits per heavy atom. The van der Waals surface area contributed by atoms with Gasteiger partial charge in [-0.3, -0.25) is 4.79 Å². The first-order valence-corrected chi connectivity index (χ1v) is 6.02. The lowest BCUT2D eigenvalue weighted by Gasteiger charge is -2.11. The number of benzene rings is 1. The third-order valence-corrected chi connectivity index (χ3v) is 2.64. The number of rotatable bonds is 6. The molecule has 0 radical (unpaired) electrons. The highest BCUT2D eigenvalue weighted by Crippen LogP contribution is 2.20. The van der Waals surface area contributed by atoms with Crippen molar-refractivity contribution in [3.05, 3.63) is 29.3 Å². The molecule has 0 aromatic heterocycles. The van der Waals surface area contributed by atoms with Crippen LogP contribution in [0.2, 0.25) is 0 Å². The third kappa shape index (κ3) is 3.86. The van der Waals surface area contributed by atoms with Gasteiger partial charge in [-0.1, -0.05) is 26.8 Å². The molecule has 0 fully saturated rings. The van der Waals surface area contributed by atoms with Crippen LogP contribution in [0.1, 0.15) is 36.7 Å². The maximum Gasteiger partial charge on any atom is 0.180 e. The third-order valence-electron chi connectivity index (χ3n) is 2.64. The summed E-state index contributed by atoms with van der Waals surface area (Å²) in [6, 6.07) is 6.08.